The maximum Gasteiger partial charge on any atom is 0.303 e. The molecule has 1 heterocycles. The Kier molecular flexibility index (Phi) is 6.35. The van der Waals surface area contributed by atoms with E-state index in [2.05, 4.69) is 38.5 Å². The normalized spacial score (nSPS) is 15.8. The molecule has 140 valence electrons. The predicted molar refractivity (Wildman–Crippen MR) is 104 cm³/mol. The zero-order valence-electron chi connectivity index (χ0n) is 15.1. The zero-order chi connectivity index (χ0) is 18.5. The number of aliphatic carboxylic acids is 1. The number of aromatic nitrogens is 2. The van der Waals surface area contributed by atoms with Crippen molar-refractivity contribution in [3.8, 4) is 5.75 Å². The van der Waals surface area contributed by atoms with Crippen molar-refractivity contribution >= 4 is 21.9 Å². The van der Waals surface area contributed by atoms with Gasteiger partial charge >= 0.3 is 5.97 Å². The van der Waals surface area contributed by atoms with Gasteiger partial charge in [0.2, 0.25) is 0 Å². The summed E-state index contributed by atoms with van der Waals surface area (Å²) >= 11 is 3.51. The molecule has 0 aliphatic heterocycles. The van der Waals surface area contributed by atoms with Crippen LogP contribution in [0.2, 0.25) is 0 Å². The van der Waals surface area contributed by atoms with Crippen LogP contribution in [0.4, 0.5) is 0 Å². The molecule has 5 nitrogen and oxygen atoms in total. The first kappa shape index (κ1) is 19.0. The number of benzene rings is 1. The number of imidazole rings is 1. The number of hydrogen-bond donors (Lipinski definition) is 1. The second-order valence-corrected chi connectivity index (χ2v) is 7.57. The molecule has 0 amide bonds. The largest absolute Gasteiger partial charge is 0.487 e. The van der Waals surface area contributed by atoms with Crippen molar-refractivity contribution in [2.75, 3.05) is 0 Å². The number of unbranched alkanes of at least 4 members (excludes halogenated alkanes) is 2. The van der Waals surface area contributed by atoms with Crippen LogP contribution in [0.1, 0.15) is 61.8 Å². The molecule has 1 aromatic carbocycles. The first-order chi connectivity index (χ1) is 12.6. The third kappa shape index (κ3) is 4.47. The smallest absolute Gasteiger partial charge is 0.303 e. The number of ether oxygens (including phenoxy) is 1. The van der Waals surface area contributed by atoms with Gasteiger partial charge < -0.3 is 14.4 Å². The molecular weight excluding hydrogens is 396 g/mol. The first-order valence-corrected chi connectivity index (χ1v) is 10.0. The van der Waals surface area contributed by atoms with E-state index >= 15 is 0 Å². The topological polar surface area (TPSA) is 64.3 Å². The second-order valence-electron chi connectivity index (χ2n) is 6.86. The number of carboxylic acids is 1. The average Bonchev–Trinajstić information content (AvgIpc) is 3.17. The Bertz CT molecular complexity index is 772. The zero-order valence-corrected chi connectivity index (χ0v) is 16.7. The second kappa shape index (κ2) is 8.71. The van der Waals surface area contributed by atoms with Gasteiger partial charge in [0.1, 0.15) is 12.4 Å². The van der Waals surface area contributed by atoms with E-state index in [4.69, 9.17) is 9.84 Å². The van der Waals surface area contributed by atoms with Crippen molar-refractivity contribution in [2.45, 2.75) is 64.5 Å². The highest BCUT2D eigenvalue weighted by Crippen LogP contribution is 2.37. The van der Waals surface area contributed by atoms with Crippen molar-refractivity contribution in [1.82, 2.24) is 9.55 Å². The summed E-state index contributed by atoms with van der Waals surface area (Å²) in [6.45, 7) is 3.61. The highest BCUT2D eigenvalue weighted by molar-refractivity contribution is 9.10. The Hall–Kier alpha value is -1.82. The van der Waals surface area contributed by atoms with Crippen molar-refractivity contribution in [3.05, 3.63) is 46.0 Å². The average molecular weight is 421 g/mol. The molecule has 0 radical (unpaired) electrons. The van der Waals surface area contributed by atoms with Crippen LogP contribution < -0.4 is 4.74 Å². The Labute approximate surface area is 162 Å². The molecule has 0 saturated heterocycles. The number of carbonyl (C=O) groups is 1. The molecule has 1 aliphatic rings. The fourth-order valence-electron chi connectivity index (χ4n) is 3.61. The molecule has 26 heavy (non-hydrogen) atoms. The Morgan fingerprint density at radius 2 is 2.27 bits per heavy atom. The molecule has 0 bridgehead atoms. The van der Waals surface area contributed by atoms with E-state index in [1.807, 2.05) is 18.3 Å². The van der Waals surface area contributed by atoms with Crippen molar-refractivity contribution in [3.63, 3.8) is 0 Å². The van der Waals surface area contributed by atoms with Gasteiger partial charge in [-0.25, -0.2) is 4.98 Å². The summed E-state index contributed by atoms with van der Waals surface area (Å²) in [7, 11) is 0. The molecule has 6 heteroatoms. The third-order valence-electron chi connectivity index (χ3n) is 5.00. The fraction of sp³-hybridized carbons (Fsp3) is 0.500. The lowest BCUT2D eigenvalue weighted by atomic mass is 9.98. The molecule has 0 spiro atoms. The van der Waals surface area contributed by atoms with Gasteiger partial charge in [-0.05, 0) is 64.4 Å². The van der Waals surface area contributed by atoms with Gasteiger partial charge in [-0.1, -0.05) is 25.8 Å². The molecule has 1 aliphatic carbocycles. The van der Waals surface area contributed by atoms with Crippen LogP contribution >= 0.6 is 15.9 Å². The number of halogens is 1. The highest BCUT2D eigenvalue weighted by atomic mass is 79.9. The molecular formula is C20H25BrN2O3. The van der Waals surface area contributed by atoms with E-state index in [0.29, 0.717) is 6.61 Å². The van der Waals surface area contributed by atoms with E-state index in [1.54, 1.807) is 0 Å². The number of fused-ring (bicyclic) bond motifs is 1. The summed E-state index contributed by atoms with van der Waals surface area (Å²) in [4.78, 5) is 15.3. The number of carboxylic acid groups (broad SMARTS) is 1. The van der Waals surface area contributed by atoms with Gasteiger partial charge in [0.15, 0.2) is 4.73 Å². The minimum absolute atomic E-state index is 0.132. The summed E-state index contributed by atoms with van der Waals surface area (Å²) in [5.41, 5.74) is 3.43. The Balaban J connectivity index is 1.64. The van der Waals surface area contributed by atoms with E-state index < -0.39 is 5.97 Å². The van der Waals surface area contributed by atoms with Gasteiger partial charge in [0, 0.05) is 6.54 Å². The third-order valence-corrected chi connectivity index (χ3v) is 5.63. The number of nitrogens with zero attached hydrogens (tertiary/aromatic N) is 2. The fourth-order valence-corrected chi connectivity index (χ4v) is 4.12. The quantitative estimate of drug-likeness (QED) is 0.584. The van der Waals surface area contributed by atoms with E-state index in [-0.39, 0.29) is 12.3 Å². The number of hydrogen-bond acceptors (Lipinski definition) is 3. The van der Waals surface area contributed by atoms with Crippen LogP contribution in [-0.2, 0) is 24.4 Å². The Morgan fingerprint density at radius 1 is 1.42 bits per heavy atom. The summed E-state index contributed by atoms with van der Waals surface area (Å²) in [5, 5.41) is 9.03. The maximum absolute atomic E-state index is 11.0. The van der Waals surface area contributed by atoms with E-state index in [9.17, 15) is 4.79 Å². The van der Waals surface area contributed by atoms with Crippen LogP contribution in [0.3, 0.4) is 0 Å². The summed E-state index contributed by atoms with van der Waals surface area (Å²) in [5.74, 6) is 0.231. The van der Waals surface area contributed by atoms with Crippen LogP contribution in [0.25, 0.3) is 0 Å². The molecule has 1 aromatic heterocycles. The molecule has 1 N–H and O–H groups in total. The van der Waals surface area contributed by atoms with Gasteiger partial charge in [-0.3, -0.25) is 4.79 Å². The van der Waals surface area contributed by atoms with Crippen LogP contribution in [0, 0.1) is 0 Å². The first-order valence-electron chi connectivity index (χ1n) is 9.25. The maximum atomic E-state index is 11.0. The van der Waals surface area contributed by atoms with Crippen molar-refractivity contribution < 1.29 is 14.6 Å². The lowest BCUT2D eigenvalue weighted by Crippen LogP contribution is -2.07. The molecule has 2 aromatic rings. The van der Waals surface area contributed by atoms with Gasteiger partial charge in [0.05, 0.1) is 18.3 Å². The SMILES string of the molecule is CCCCCn1c(COc2ccc3c(c2)CC[C@H]3CC(=O)O)cnc1Br. The molecule has 0 fully saturated rings. The van der Waals surface area contributed by atoms with Crippen LogP contribution in [0.5, 0.6) is 5.75 Å². The lowest BCUT2D eigenvalue weighted by Gasteiger charge is -2.12. The van der Waals surface area contributed by atoms with Gasteiger partial charge in [0.25, 0.3) is 0 Å². The Morgan fingerprint density at radius 3 is 3.04 bits per heavy atom. The van der Waals surface area contributed by atoms with Gasteiger partial charge in [-0.15, -0.1) is 0 Å². The monoisotopic (exact) mass is 420 g/mol. The molecule has 0 unspecified atom stereocenters. The summed E-state index contributed by atoms with van der Waals surface area (Å²) < 4.78 is 9.00. The van der Waals surface area contributed by atoms with Crippen LogP contribution in [-0.4, -0.2) is 20.6 Å². The lowest BCUT2D eigenvalue weighted by molar-refractivity contribution is -0.137. The van der Waals surface area contributed by atoms with E-state index in [0.717, 1.165) is 47.5 Å². The molecule has 0 saturated carbocycles. The van der Waals surface area contributed by atoms with Crippen molar-refractivity contribution in [2.24, 2.45) is 0 Å². The molecule has 1 atom stereocenters. The number of aryl methyl sites for hydroxylation is 1. The van der Waals surface area contributed by atoms with E-state index in [1.165, 1.54) is 18.4 Å². The molecule has 3 rings (SSSR count). The highest BCUT2D eigenvalue weighted by Gasteiger charge is 2.25. The number of rotatable bonds is 9. The summed E-state index contributed by atoms with van der Waals surface area (Å²) in [6.07, 6.45) is 7.41. The minimum Gasteiger partial charge on any atom is -0.487 e. The summed E-state index contributed by atoms with van der Waals surface area (Å²) in [6, 6.07) is 6.04. The van der Waals surface area contributed by atoms with Crippen LogP contribution in [0.15, 0.2) is 29.1 Å². The minimum atomic E-state index is -0.731. The standard InChI is InChI=1S/C20H25BrN2O3/c1-2-3-4-9-23-16(12-22-20(23)21)13-26-17-7-8-18-14(10-17)5-6-15(18)11-19(24)25/h7-8,10,12,15H,2-6,9,11,13H2,1H3,(H,24,25)/t15-/m0/s1. The predicted octanol–water partition coefficient (Wildman–Crippen LogP) is 4.92. The van der Waals surface area contributed by atoms with Gasteiger partial charge in [-0.2, -0.15) is 0 Å². The van der Waals surface area contributed by atoms with Crippen molar-refractivity contribution in [1.29, 1.82) is 0 Å².